The van der Waals surface area contributed by atoms with Crippen LogP contribution in [-0.4, -0.2) is 57.5 Å². The van der Waals surface area contributed by atoms with Gasteiger partial charge in [0.05, 0.1) is 23.5 Å². The molecule has 1 aliphatic rings. The molecular formula is C20H30N6O2. The number of hydrogen-bond acceptors (Lipinski definition) is 5. The third-order valence-electron chi connectivity index (χ3n) is 5.74. The van der Waals surface area contributed by atoms with Gasteiger partial charge in [-0.15, -0.1) is 0 Å². The number of aromatic nitrogens is 4. The number of piperidine rings is 1. The van der Waals surface area contributed by atoms with Crippen LogP contribution < -0.4 is 10.5 Å². The lowest BCUT2D eigenvalue weighted by atomic mass is 9.96. The normalized spacial score (nSPS) is 17.0. The Balaban J connectivity index is 1.54. The van der Waals surface area contributed by atoms with E-state index in [-0.39, 0.29) is 17.4 Å². The van der Waals surface area contributed by atoms with Crippen molar-refractivity contribution in [3.05, 3.63) is 39.6 Å². The number of aryl methyl sites for hydroxylation is 2. The Bertz CT molecular complexity index is 887. The lowest BCUT2D eigenvalue weighted by Crippen LogP contribution is -2.44. The van der Waals surface area contributed by atoms with Crippen LogP contribution in [-0.2, 0) is 18.3 Å². The fraction of sp³-hybridized carbons (Fsp3) is 0.600. The van der Waals surface area contributed by atoms with Gasteiger partial charge in [0.1, 0.15) is 0 Å². The molecule has 152 valence electrons. The number of carbonyl (C=O) groups is 1. The molecule has 8 heteroatoms. The van der Waals surface area contributed by atoms with Crippen LogP contribution in [0, 0.1) is 19.8 Å². The number of rotatable bonds is 6. The molecule has 0 aliphatic carbocycles. The van der Waals surface area contributed by atoms with E-state index in [4.69, 9.17) is 0 Å². The quantitative estimate of drug-likeness (QED) is 0.811. The maximum absolute atomic E-state index is 12.9. The number of aromatic amines is 1. The Morgan fingerprint density at radius 2 is 2.18 bits per heavy atom. The topological polar surface area (TPSA) is 87.1 Å². The van der Waals surface area contributed by atoms with Crippen molar-refractivity contribution in [2.45, 2.75) is 39.5 Å². The molecule has 1 N–H and O–H groups in total. The molecule has 1 amide bonds. The molecule has 0 unspecified atom stereocenters. The van der Waals surface area contributed by atoms with Crippen LogP contribution in [0.4, 0.5) is 5.69 Å². The number of H-pyrrole nitrogens is 1. The summed E-state index contributed by atoms with van der Waals surface area (Å²) in [6.07, 6.45) is 5.32. The van der Waals surface area contributed by atoms with E-state index < -0.39 is 0 Å². The highest BCUT2D eigenvalue weighted by Crippen LogP contribution is 2.23. The molecule has 1 atom stereocenters. The first-order chi connectivity index (χ1) is 13.4. The zero-order valence-corrected chi connectivity index (χ0v) is 17.2. The van der Waals surface area contributed by atoms with Gasteiger partial charge in [-0.05, 0) is 45.1 Å². The molecule has 28 heavy (non-hydrogen) atoms. The summed E-state index contributed by atoms with van der Waals surface area (Å²) in [6, 6.07) is 1.54. The van der Waals surface area contributed by atoms with Crippen molar-refractivity contribution in [3.8, 4) is 0 Å². The molecule has 1 saturated heterocycles. The SMILES string of the molecule is Cc1nn(C)c(C)c1CCCN(C)C(=O)[C@@H]1CCCN(c2cn[nH]c(=O)c2)C1. The van der Waals surface area contributed by atoms with Crippen LogP contribution in [0.15, 0.2) is 17.1 Å². The second-order valence-corrected chi connectivity index (χ2v) is 7.72. The van der Waals surface area contributed by atoms with Crippen molar-refractivity contribution >= 4 is 11.6 Å². The Morgan fingerprint density at radius 1 is 1.39 bits per heavy atom. The summed E-state index contributed by atoms with van der Waals surface area (Å²) >= 11 is 0. The summed E-state index contributed by atoms with van der Waals surface area (Å²) in [5.41, 5.74) is 4.12. The maximum Gasteiger partial charge on any atom is 0.266 e. The predicted octanol–water partition coefficient (Wildman–Crippen LogP) is 1.43. The highest BCUT2D eigenvalue weighted by Gasteiger charge is 2.28. The zero-order valence-electron chi connectivity index (χ0n) is 17.2. The molecule has 1 fully saturated rings. The molecule has 3 rings (SSSR count). The van der Waals surface area contributed by atoms with Gasteiger partial charge in [-0.25, -0.2) is 5.10 Å². The van der Waals surface area contributed by atoms with E-state index >= 15 is 0 Å². The van der Waals surface area contributed by atoms with E-state index in [0.717, 1.165) is 50.2 Å². The van der Waals surface area contributed by atoms with Gasteiger partial charge in [-0.1, -0.05) is 0 Å². The fourth-order valence-corrected chi connectivity index (χ4v) is 4.05. The third-order valence-corrected chi connectivity index (χ3v) is 5.74. The van der Waals surface area contributed by atoms with Crippen molar-refractivity contribution in [1.82, 2.24) is 24.9 Å². The molecule has 2 aromatic heterocycles. The van der Waals surface area contributed by atoms with Gasteiger partial charge >= 0.3 is 0 Å². The monoisotopic (exact) mass is 386 g/mol. The molecule has 1 aliphatic heterocycles. The minimum absolute atomic E-state index is 0.0418. The van der Waals surface area contributed by atoms with E-state index in [0.29, 0.717) is 6.54 Å². The predicted molar refractivity (Wildman–Crippen MR) is 108 cm³/mol. The summed E-state index contributed by atoms with van der Waals surface area (Å²) < 4.78 is 1.92. The number of anilines is 1. The molecule has 3 heterocycles. The molecule has 0 radical (unpaired) electrons. The Kier molecular flexibility index (Phi) is 6.16. The first kappa shape index (κ1) is 20.1. The first-order valence-electron chi connectivity index (χ1n) is 9.90. The molecule has 2 aromatic rings. The van der Waals surface area contributed by atoms with Gasteiger partial charge in [0, 0.05) is 45.5 Å². The lowest BCUT2D eigenvalue weighted by molar-refractivity contribution is -0.134. The van der Waals surface area contributed by atoms with Crippen molar-refractivity contribution in [2.24, 2.45) is 13.0 Å². The number of nitrogens with zero attached hydrogens (tertiary/aromatic N) is 5. The molecular weight excluding hydrogens is 356 g/mol. The van der Waals surface area contributed by atoms with E-state index in [2.05, 4.69) is 27.1 Å². The average Bonchev–Trinajstić information content (AvgIpc) is 2.93. The van der Waals surface area contributed by atoms with Crippen LogP contribution in [0.2, 0.25) is 0 Å². The van der Waals surface area contributed by atoms with E-state index in [1.54, 1.807) is 12.3 Å². The van der Waals surface area contributed by atoms with Crippen LogP contribution >= 0.6 is 0 Å². The van der Waals surface area contributed by atoms with Crippen molar-refractivity contribution in [2.75, 3.05) is 31.6 Å². The molecule has 0 saturated carbocycles. The van der Waals surface area contributed by atoms with Gasteiger partial charge in [0.25, 0.3) is 5.56 Å². The van der Waals surface area contributed by atoms with Crippen LogP contribution in [0.25, 0.3) is 0 Å². The highest BCUT2D eigenvalue weighted by atomic mass is 16.2. The second kappa shape index (κ2) is 8.58. The summed E-state index contributed by atoms with van der Waals surface area (Å²) in [5.74, 6) is 0.141. The lowest BCUT2D eigenvalue weighted by Gasteiger charge is -2.35. The van der Waals surface area contributed by atoms with Crippen LogP contribution in [0.5, 0.6) is 0 Å². The number of nitrogens with one attached hydrogen (secondary N) is 1. The average molecular weight is 387 g/mol. The Labute approximate surface area is 165 Å². The minimum Gasteiger partial charge on any atom is -0.369 e. The minimum atomic E-state index is -0.218. The van der Waals surface area contributed by atoms with E-state index in [1.165, 1.54) is 11.3 Å². The fourth-order valence-electron chi connectivity index (χ4n) is 4.05. The summed E-state index contributed by atoms with van der Waals surface area (Å²) in [5, 5.41) is 10.7. The number of hydrogen-bond donors (Lipinski definition) is 1. The number of amides is 1. The largest absolute Gasteiger partial charge is 0.369 e. The van der Waals surface area contributed by atoms with Gasteiger partial charge < -0.3 is 9.80 Å². The Morgan fingerprint density at radius 3 is 2.86 bits per heavy atom. The van der Waals surface area contributed by atoms with Crippen LogP contribution in [0.3, 0.4) is 0 Å². The first-order valence-corrected chi connectivity index (χ1v) is 9.90. The van der Waals surface area contributed by atoms with Gasteiger partial charge in [-0.2, -0.15) is 10.2 Å². The number of carbonyl (C=O) groups excluding carboxylic acids is 1. The summed E-state index contributed by atoms with van der Waals surface area (Å²) in [4.78, 5) is 28.4. The molecule has 0 spiro atoms. The maximum atomic E-state index is 12.9. The van der Waals surface area contributed by atoms with Crippen molar-refractivity contribution in [3.63, 3.8) is 0 Å². The summed E-state index contributed by atoms with van der Waals surface area (Å²) in [6.45, 7) is 6.34. The van der Waals surface area contributed by atoms with Crippen molar-refractivity contribution in [1.29, 1.82) is 0 Å². The molecule has 0 aromatic carbocycles. The van der Waals surface area contributed by atoms with Crippen LogP contribution in [0.1, 0.15) is 36.2 Å². The van der Waals surface area contributed by atoms with Gasteiger partial charge in [-0.3, -0.25) is 14.3 Å². The standard InChI is InChI=1S/C20H30N6O2/c1-14-18(15(2)25(4)23-14)8-6-9-24(3)20(28)16-7-5-10-26(13-16)17-11-19(27)22-21-12-17/h11-12,16H,5-10,13H2,1-4H3,(H,22,27)/t16-/m1/s1. The van der Waals surface area contributed by atoms with E-state index in [1.807, 2.05) is 30.6 Å². The van der Waals surface area contributed by atoms with E-state index in [9.17, 15) is 9.59 Å². The van der Waals surface area contributed by atoms with Gasteiger partial charge in [0.15, 0.2) is 0 Å². The van der Waals surface area contributed by atoms with Crippen molar-refractivity contribution < 1.29 is 4.79 Å². The zero-order chi connectivity index (χ0) is 20.3. The highest BCUT2D eigenvalue weighted by molar-refractivity contribution is 5.79. The smallest absolute Gasteiger partial charge is 0.266 e. The third kappa shape index (κ3) is 4.43. The molecule has 8 nitrogen and oxygen atoms in total. The molecule has 0 bridgehead atoms. The second-order valence-electron chi connectivity index (χ2n) is 7.72. The summed E-state index contributed by atoms with van der Waals surface area (Å²) in [7, 11) is 3.85. The Hall–Kier alpha value is -2.64. The van der Waals surface area contributed by atoms with Gasteiger partial charge in [0.2, 0.25) is 5.91 Å².